The molecule has 0 radical (unpaired) electrons. The van der Waals surface area contributed by atoms with Crippen LogP contribution in [0, 0.1) is 6.92 Å². The zero-order chi connectivity index (χ0) is 14.4. The minimum absolute atomic E-state index is 0.449. The molecule has 0 aliphatic heterocycles. The van der Waals surface area contributed by atoms with Crippen LogP contribution in [-0.4, -0.2) is 22.8 Å². The van der Waals surface area contributed by atoms with Gasteiger partial charge in [0.25, 0.3) is 0 Å². The van der Waals surface area contributed by atoms with Gasteiger partial charge in [0.15, 0.2) is 0 Å². The number of aromatic nitrogens is 2. The minimum Gasteiger partial charge on any atom is -0.381 e. The lowest BCUT2D eigenvalue weighted by Gasteiger charge is -2.08. The van der Waals surface area contributed by atoms with Crippen molar-refractivity contribution >= 4 is 22.6 Å². The summed E-state index contributed by atoms with van der Waals surface area (Å²) in [6.45, 7) is 6.83. The number of alkyl halides is 1. The number of hydrogen-bond donors (Lipinski definition) is 0. The van der Waals surface area contributed by atoms with Gasteiger partial charge in [-0.25, -0.2) is 4.98 Å². The van der Waals surface area contributed by atoms with E-state index in [1.54, 1.807) is 0 Å². The summed E-state index contributed by atoms with van der Waals surface area (Å²) in [5, 5.41) is 0. The van der Waals surface area contributed by atoms with E-state index in [1.165, 1.54) is 17.5 Å². The largest absolute Gasteiger partial charge is 0.381 e. The second kappa shape index (κ2) is 7.65. The van der Waals surface area contributed by atoms with E-state index in [-0.39, 0.29) is 0 Å². The van der Waals surface area contributed by atoms with Gasteiger partial charge in [-0.2, -0.15) is 0 Å². The first-order valence-corrected chi connectivity index (χ1v) is 7.89. The normalized spacial score (nSPS) is 11.3. The van der Waals surface area contributed by atoms with Crippen molar-refractivity contribution in [3.8, 4) is 0 Å². The van der Waals surface area contributed by atoms with Gasteiger partial charge < -0.3 is 9.30 Å². The SMILES string of the molecule is CCCCOCCCn1c(CCl)nc2cc(C)ccc21. The Bertz CT molecular complexity index is 551. The third kappa shape index (κ3) is 3.74. The molecule has 0 unspecified atom stereocenters. The van der Waals surface area contributed by atoms with Crippen molar-refractivity contribution in [2.24, 2.45) is 0 Å². The lowest BCUT2D eigenvalue weighted by atomic mass is 10.2. The van der Waals surface area contributed by atoms with Crippen LogP contribution in [0.5, 0.6) is 0 Å². The highest BCUT2D eigenvalue weighted by Gasteiger charge is 2.09. The van der Waals surface area contributed by atoms with E-state index in [1.807, 2.05) is 0 Å². The Labute approximate surface area is 125 Å². The quantitative estimate of drug-likeness (QED) is 0.536. The highest BCUT2D eigenvalue weighted by molar-refractivity contribution is 6.16. The maximum atomic E-state index is 6.01. The minimum atomic E-state index is 0.449. The molecular weight excluding hydrogens is 272 g/mol. The predicted molar refractivity (Wildman–Crippen MR) is 84.4 cm³/mol. The summed E-state index contributed by atoms with van der Waals surface area (Å²) in [4.78, 5) is 4.61. The molecule has 1 aromatic carbocycles. The maximum absolute atomic E-state index is 6.01. The zero-order valence-electron chi connectivity index (χ0n) is 12.4. The first-order valence-electron chi connectivity index (χ1n) is 7.35. The number of nitrogens with zero attached hydrogens (tertiary/aromatic N) is 2. The van der Waals surface area contributed by atoms with Gasteiger partial charge in [-0.05, 0) is 37.5 Å². The average Bonchev–Trinajstić information content (AvgIpc) is 2.79. The molecule has 0 atom stereocenters. The maximum Gasteiger partial charge on any atom is 0.124 e. The van der Waals surface area contributed by atoms with Crippen LogP contribution in [-0.2, 0) is 17.2 Å². The molecule has 0 fully saturated rings. The summed E-state index contributed by atoms with van der Waals surface area (Å²) in [7, 11) is 0. The Hall–Kier alpha value is -1.06. The molecule has 2 aromatic rings. The van der Waals surface area contributed by atoms with E-state index in [0.717, 1.165) is 43.9 Å². The molecule has 0 saturated heterocycles. The van der Waals surface area contributed by atoms with Gasteiger partial charge in [0, 0.05) is 19.8 Å². The van der Waals surface area contributed by atoms with Gasteiger partial charge in [0.05, 0.1) is 16.9 Å². The van der Waals surface area contributed by atoms with Crippen molar-refractivity contribution in [3.05, 3.63) is 29.6 Å². The second-order valence-electron chi connectivity index (χ2n) is 5.12. The van der Waals surface area contributed by atoms with E-state index in [0.29, 0.717) is 5.88 Å². The number of ether oxygens (including phenoxy) is 1. The molecule has 20 heavy (non-hydrogen) atoms. The molecule has 0 aliphatic carbocycles. The Morgan fingerprint density at radius 1 is 1.25 bits per heavy atom. The molecule has 0 saturated carbocycles. The Morgan fingerprint density at radius 3 is 2.80 bits per heavy atom. The molecule has 0 bridgehead atoms. The van der Waals surface area contributed by atoms with Crippen molar-refractivity contribution in [2.75, 3.05) is 13.2 Å². The molecule has 0 aliphatic rings. The third-order valence-corrected chi connectivity index (χ3v) is 3.65. The summed E-state index contributed by atoms with van der Waals surface area (Å²) in [6, 6.07) is 6.36. The van der Waals surface area contributed by atoms with E-state index >= 15 is 0 Å². The molecule has 0 N–H and O–H groups in total. The van der Waals surface area contributed by atoms with E-state index in [9.17, 15) is 0 Å². The highest BCUT2D eigenvalue weighted by atomic mass is 35.5. The number of benzene rings is 1. The Balaban J connectivity index is 2.01. The van der Waals surface area contributed by atoms with Gasteiger partial charge in [-0.1, -0.05) is 19.4 Å². The summed E-state index contributed by atoms with van der Waals surface area (Å²) in [5.41, 5.74) is 3.43. The Morgan fingerprint density at radius 2 is 2.05 bits per heavy atom. The van der Waals surface area contributed by atoms with Crippen LogP contribution < -0.4 is 0 Å². The fraction of sp³-hybridized carbons (Fsp3) is 0.562. The van der Waals surface area contributed by atoms with Crippen LogP contribution in [0.15, 0.2) is 18.2 Å². The van der Waals surface area contributed by atoms with E-state index in [2.05, 4.69) is 41.6 Å². The van der Waals surface area contributed by atoms with Crippen LogP contribution in [0.4, 0.5) is 0 Å². The number of unbranched alkanes of at least 4 members (excludes halogenated alkanes) is 1. The van der Waals surface area contributed by atoms with Gasteiger partial charge in [0.2, 0.25) is 0 Å². The summed E-state index contributed by atoms with van der Waals surface area (Å²) < 4.78 is 7.82. The van der Waals surface area contributed by atoms with Crippen LogP contribution >= 0.6 is 11.6 Å². The second-order valence-corrected chi connectivity index (χ2v) is 5.39. The lowest BCUT2D eigenvalue weighted by molar-refractivity contribution is 0.126. The molecule has 1 aromatic heterocycles. The standard InChI is InChI=1S/C16H23ClN2O/c1-3-4-9-20-10-5-8-19-15-7-6-13(2)11-14(15)18-16(19)12-17/h6-7,11H,3-5,8-10,12H2,1-2H3. The van der Waals surface area contributed by atoms with Crippen molar-refractivity contribution < 1.29 is 4.74 Å². The number of halogens is 1. The fourth-order valence-corrected chi connectivity index (χ4v) is 2.52. The summed E-state index contributed by atoms with van der Waals surface area (Å²) >= 11 is 6.01. The van der Waals surface area contributed by atoms with Crippen molar-refractivity contribution in [2.45, 2.75) is 45.5 Å². The Kier molecular flexibility index (Phi) is 5.86. The van der Waals surface area contributed by atoms with Crippen LogP contribution in [0.3, 0.4) is 0 Å². The number of imidazole rings is 1. The van der Waals surface area contributed by atoms with Crippen LogP contribution in [0.25, 0.3) is 11.0 Å². The van der Waals surface area contributed by atoms with E-state index < -0.39 is 0 Å². The molecule has 0 spiro atoms. The number of aryl methyl sites for hydroxylation is 2. The average molecular weight is 295 g/mol. The van der Waals surface area contributed by atoms with Gasteiger partial charge in [-0.15, -0.1) is 11.6 Å². The molecule has 1 heterocycles. The van der Waals surface area contributed by atoms with Crippen molar-refractivity contribution in [3.63, 3.8) is 0 Å². The van der Waals surface area contributed by atoms with Crippen LogP contribution in [0.1, 0.15) is 37.6 Å². The van der Waals surface area contributed by atoms with Crippen molar-refractivity contribution in [1.29, 1.82) is 0 Å². The predicted octanol–water partition coefficient (Wildman–Crippen LogP) is 4.29. The lowest BCUT2D eigenvalue weighted by Crippen LogP contribution is -2.06. The molecule has 110 valence electrons. The molecule has 4 heteroatoms. The van der Waals surface area contributed by atoms with E-state index in [4.69, 9.17) is 16.3 Å². The van der Waals surface area contributed by atoms with Gasteiger partial charge in [0.1, 0.15) is 5.82 Å². The monoisotopic (exact) mass is 294 g/mol. The topological polar surface area (TPSA) is 27.1 Å². The summed E-state index contributed by atoms with van der Waals surface area (Å²) in [5.74, 6) is 1.39. The highest BCUT2D eigenvalue weighted by Crippen LogP contribution is 2.19. The molecule has 3 nitrogen and oxygen atoms in total. The molecular formula is C16H23ClN2O. The van der Waals surface area contributed by atoms with Crippen LogP contribution in [0.2, 0.25) is 0 Å². The van der Waals surface area contributed by atoms with Gasteiger partial charge >= 0.3 is 0 Å². The third-order valence-electron chi connectivity index (χ3n) is 3.41. The molecule has 0 amide bonds. The smallest absolute Gasteiger partial charge is 0.124 e. The first-order chi connectivity index (χ1) is 9.76. The number of hydrogen-bond acceptors (Lipinski definition) is 2. The summed E-state index contributed by atoms with van der Waals surface area (Å²) in [6.07, 6.45) is 3.31. The zero-order valence-corrected chi connectivity index (χ0v) is 13.1. The first kappa shape index (κ1) is 15.3. The number of fused-ring (bicyclic) bond motifs is 1. The van der Waals surface area contributed by atoms with Crippen molar-refractivity contribution in [1.82, 2.24) is 9.55 Å². The molecule has 2 rings (SSSR count). The van der Waals surface area contributed by atoms with Gasteiger partial charge in [-0.3, -0.25) is 0 Å². The number of rotatable bonds is 8. The fourth-order valence-electron chi connectivity index (χ4n) is 2.31.